The van der Waals surface area contributed by atoms with E-state index in [2.05, 4.69) is 21.2 Å². The average molecular weight is 292 g/mol. The van der Waals surface area contributed by atoms with Crippen LogP contribution in [0.5, 0.6) is 0 Å². The van der Waals surface area contributed by atoms with Crippen molar-refractivity contribution in [2.45, 2.75) is 18.8 Å². The van der Waals surface area contributed by atoms with Crippen molar-refractivity contribution < 1.29 is 4.52 Å². The van der Waals surface area contributed by atoms with Gasteiger partial charge in [0.1, 0.15) is 4.83 Å². The first kappa shape index (κ1) is 11.4. The van der Waals surface area contributed by atoms with Crippen LogP contribution in [0, 0.1) is 0 Å². The lowest BCUT2D eigenvalue weighted by Crippen LogP contribution is -2.07. The van der Waals surface area contributed by atoms with Crippen molar-refractivity contribution in [1.29, 1.82) is 0 Å². The van der Waals surface area contributed by atoms with E-state index in [1.54, 1.807) is 22.7 Å². The maximum atomic E-state index is 5.34. The number of anilines is 1. The highest BCUT2D eigenvalue weighted by atomic mass is 32.1. The number of aromatic nitrogens is 3. The molecular formula is C12H12N4OS2. The van der Waals surface area contributed by atoms with E-state index in [9.17, 15) is 0 Å². The molecule has 0 saturated heterocycles. The fraction of sp³-hybridized carbons (Fsp3) is 0.417. The summed E-state index contributed by atoms with van der Waals surface area (Å²) in [5.74, 6) is 2.01. The van der Waals surface area contributed by atoms with Gasteiger partial charge in [0.25, 0.3) is 5.89 Å². The van der Waals surface area contributed by atoms with Gasteiger partial charge in [0, 0.05) is 20.0 Å². The molecule has 5 nitrogen and oxygen atoms in total. The number of thiazole rings is 1. The van der Waals surface area contributed by atoms with Gasteiger partial charge in [-0.15, -0.1) is 11.3 Å². The number of hydrogen-bond donors (Lipinski definition) is 0. The van der Waals surface area contributed by atoms with Crippen molar-refractivity contribution in [2.24, 2.45) is 0 Å². The number of fused-ring (bicyclic) bond motifs is 1. The summed E-state index contributed by atoms with van der Waals surface area (Å²) in [6, 6.07) is 2.09. The smallest absolute Gasteiger partial charge is 0.268 e. The molecule has 0 spiro atoms. The normalized spacial score (nSPS) is 15.3. The lowest BCUT2D eigenvalue weighted by Gasteiger charge is -2.04. The lowest BCUT2D eigenvalue weighted by molar-refractivity contribution is 0.423. The number of thiophene rings is 1. The third-order valence-corrected chi connectivity index (χ3v) is 5.37. The quantitative estimate of drug-likeness (QED) is 0.741. The van der Waals surface area contributed by atoms with Crippen LogP contribution in [0.3, 0.4) is 0 Å². The van der Waals surface area contributed by atoms with Crippen LogP contribution in [-0.2, 0) is 0 Å². The molecule has 3 aromatic heterocycles. The van der Waals surface area contributed by atoms with Crippen molar-refractivity contribution in [1.82, 2.24) is 15.1 Å². The van der Waals surface area contributed by atoms with Gasteiger partial charge in [0.15, 0.2) is 11.0 Å². The van der Waals surface area contributed by atoms with Crippen molar-refractivity contribution in [2.75, 3.05) is 19.0 Å². The van der Waals surface area contributed by atoms with Gasteiger partial charge in [-0.25, -0.2) is 4.98 Å². The highest BCUT2D eigenvalue weighted by Crippen LogP contribution is 2.41. The highest BCUT2D eigenvalue weighted by Gasteiger charge is 2.29. The van der Waals surface area contributed by atoms with Gasteiger partial charge in [-0.3, -0.25) is 0 Å². The summed E-state index contributed by atoms with van der Waals surface area (Å²) in [7, 11) is 4.01. The number of rotatable bonds is 3. The van der Waals surface area contributed by atoms with Gasteiger partial charge in [-0.2, -0.15) is 4.98 Å². The monoisotopic (exact) mass is 292 g/mol. The van der Waals surface area contributed by atoms with Crippen molar-refractivity contribution in [3.63, 3.8) is 0 Å². The van der Waals surface area contributed by atoms with Gasteiger partial charge < -0.3 is 9.42 Å². The number of nitrogens with zero attached hydrogens (tertiary/aromatic N) is 4. The molecule has 0 N–H and O–H groups in total. The van der Waals surface area contributed by atoms with E-state index in [1.807, 2.05) is 19.0 Å². The first-order chi connectivity index (χ1) is 9.20. The zero-order valence-electron chi connectivity index (χ0n) is 10.6. The standard InChI is InChI=1S/C12H12N4OS2/c1-16(2)12-14-11-8(19-12)5-7(18-11)10-13-9(15-17-10)6-3-4-6/h5-6H,3-4H2,1-2H3. The number of hydrogen-bond acceptors (Lipinski definition) is 7. The van der Waals surface area contributed by atoms with Crippen LogP contribution in [0.2, 0.25) is 0 Å². The second kappa shape index (κ2) is 4.01. The minimum Gasteiger partial charge on any atom is -0.354 e. The Bertz CT molecular complexity index is 706. The topological polar surface area (TPSA) is 55.1 Å². The summed E-state index contributed by atoms with van der Waals surface area (Å²) in [5.41, 5.74) is 0. The third kappa shape index (κ3) is 1.93. The molecule has 0 unspecified atom stereocenters. The maximum Gasteiger partial charge on any atom is 0.268 e. The molecule has 1 aliphatic rings. The molecule has 7 heteroatoms. The molecule has 0 radical (unpaired) electrons. The molecule has 0 aliphatic heterocycles. The Balaban J connectivity index is 1.71. The van der Waals surface area contributed by atoms with E-state index in [0.717, 1.165) is 20.7 Å². The lowest BCUT2D eigenvalue weighted by atomic mass is 10.4. The largest absolute Gasteiger partial charge is 0.354 e. The third-order valence-electron chi connectivity index (χ3n) is 3.06. The summed E-state index contributed by atoms with van der Waals surface area (Å²) in [6.07, 6.45) is 2.37. The summed E-state index contributed by atoms with van der Waals surface area (Å²) in [5, 5.41) is 5.08. The Morgan fingerprint density at radius 1 is 1.26 bits per heavy atom. The molecule has 0 aromatic carbocycles. The van der Waals surface area contributed by atoms with E-state index >= 15 is 0 Å². The molecule has 3 heterocycles. The van der Waals surface area contributed by atoms with Crippen LogP contribution < -0.4 is 4.90 Å². The molecule has 1 fully saturated rings. The van der Waals surface area contributed by atoms with Gasteiger partial charge in [0.05, 0.1) is 9.58 Å². The van der Waals surface area contributed by atoms with Gasteiger partial charge in [0.2, 0.25) is 0 Å². The fourth-order valence-electron chi connectivity index (χ4n) is 1.86. The zero-order chi connectivity index (χ0) is 13.0. The summed E-state index contributed by atoms with van der Waals surface area (Å²) in [4.78, 5) is 13.1. The predicted molar refractivity (Wildman–Crippen MR) is 77.1 cm³/mol. The minimum atomic E-state index is 0.525. The molecule has 4 rings (SSSR count). The van der Waals surface area contributed by atoms with E-state index < -0.39 is 0 Å². The predicted octanol–water partition coefficient (Wildman–Crippen LogP) is 3.35. The van der Waals surface area contributed by atoms with Crippen LogP contribution in [-0.4, -0.2) is 29.2 Å². The highest BCUT2D eigenvalue weighted by molar-refractivity contribution is 7.30. The molecule has 0 bridgehead atoms. The fourth-order valence-corrected chi connectivity index (χ4v) is 3.92. The minimum absolute atomic E-state index is 0.525. The second-order valence-corrected chi connectivity index (χ2v) is 6.94. The summed E-state index contributed by atoms with van der Waals surface area (Å²) < 4.78 is 6.52. The second-order valence-electron chi connectivity index (χ2n) is 4.90. The first-order valence-corrected chi connectivity index (χ1v) is 7.75. The Morgan fingerprint density at radius 3 is 2.79 bits per heavy atom. The maximum absolute atomic E-state index is 5.34. The first-order valence-electron chi connectivity index (χ1n) is 6.12. The Labute approximate surface area is 117 Å². The molecule has 19 heavy (non-hydrogen) atoms. The van der Waals surface area contributed by atoms with Gasteiger partial charge >= 0.3 is 0 Å². The SMILES string of the molecule is CN(C)c1nc2sc(-c3nc(C4CC4)no3)cc2s1. The van der Waals surface area contributed by atoms with Crippen molar-refractivity contribution >= 4 is 37.3 Å². The molecule has 1 saturated carbocycles. The van der Waals surface area contributed by atoms with Crippen LogP contribution in [0.25, 0.3) is 20.3 Å². The van der Waals surface area contributed by atoms with Gasteiger partial charge in [-0.05, 0) is 18.9 Å². The van der Waals surface area contributed by atoms with Crippen LogP contribution >= 0.6 is 22.7 Å². The Kier molecular flexibility index (Phi) is 2.40. The van der Waals surface area contributed by atoms with E-state index in [0.29, 0.717) is 11.8 Å². The summed E-state index contributed by atoms with van der Waals surface area (Å²) >= 11 is 3.29. The van der Waals surface area contributed by atoms with E-state index in [4.69, 9.17) is 4.52 Å². The molecule has 0 amide bonds. The van der Waals surface area contributed by atoms with E-state index in [1.165, 1.54) is 17.5 Å². The van der Waals surface area contributed by atoms with Crippen LogP contribution in [0.15, 0.2) is 10.6 Å². The molecule has 0 atom stereocenters. The Morgan fingerprint density at radius 2 is 2.11 bits per heavy atom. The van der Waals surface area contributed by atoms with Crippen molar-refractivity contribution in [3.05, 3.63) is 11.9 Å². The van der Waals surface area contributed by atoms with Crippen LogP contribution in [0.4, 0.5) is 5.13 Å². The van der Waals surface area contributed by atoms with Crippen molar-refractivity contribution in [3.8, 4) is 10.8 Å². The Hall–Kier alpha value is -1.47. The van der Waals surface area contributed by atoms with Crippen LogP contribution in [0.1, 0.15) is 24.6 Å². The molecular weight excluding hydrogens is 280 g/mol. The average Bonchev–Trinajstić information content (AvgIpc) is 2.83. The van der Waals surface area contributed by atoms with Gasteiger partial charge in [-0.1, -0.05) is 16.5 Å². The molecule has 1 aliphatic carbocycles. The molecule has 98 valence electrons. The molecule has 3 aromatic rings. The van der Waals surface area contributed by atoms with E-state index in [-0.39, 0.29) is 0 Å². The summed E-state index contributed by atoms with van der Waals surface area (Å²) in [6.45, 7) is 0. The zero-order valence-corrected chi connectivity index (χ0v) is 12.2.